The Hall–Kier alpha value is -1.83. The SMILES string of the molecule is CC(CN1CCC[N+]2=C1NCCC2)OC(=O)C(C)OC(=O)C(C)O. The van der Waals surface area contributed by atoms with Crippen LogP contribution in [0.3, 0.4) is 0 Å². The van der Waals surface area contributed by atoms with Crippen LogP contribution in [0.25, 0.3) is 0 Å². The number of carbonyl (C=O) groups excluding carboxylic acids is 2. The molecule has 0 fully saturated rings. The smallest absolute Gasteiger partial charge is 0.348 e. The first kappa shape index (κ1) is 18.5. The summed E-state index contributed by atoms with van der Waals surface area (Å²) in [5, 5.41) is 12.5. The van der Waals surface area contributed by atoms with E-state index in [4.69, 9.17) is 14.6 Å². The number of esters is 2. The Morgan fingerprint density at radius 3 is 2.62 bits per heavy atom. The van der Waals surface area contributed by atoms with Crippen LogP contribution in [-0.4, -0.2) is 83.5 Å². The van der Waals surface area contributed by atoms with Crippen molar-refractivity contribution >= 4 is 17.9 Å². The van der Waals surface area contributed by atoms with Crippen LogP contribution in [0.4, 0.5) is 0 Å². The highest BCUT2D eigenvalue weighted by Gasteiger charge is 2.31. The van der Waals surface area contributed by atoms with E-state index in [0.29, 0.717) is 6.54 Å². The van der Waals surface area contributed by atoms with E-state index in [9.17, 15) is 9.59 Å². The zero-order chi connectivity index (χ0) is 17.7. The highest BCUT2D eigenvalue weighted by molar-refractivity contribution is 5.81. The van der Waals surface area contributed by atoms with Crippen molar-refractivity contribution in [1.29, 1.82) is 0 Å². The van der Waals surface area contributed by atoms with Crippen LogP contribution in [0.2, 0.25) is 0 Å². The molecule has 3 atom stereocenters. The standard InChI is InChI=1S/C16H27N3O5/c1-11(23-15(22)13(3)24-14(21)12(2)20)10-19-9-5-8-18-7-4-6-17-16(18)19/h11-13,20H,4-10H2,1-3H3/p+1. The van der Waals surface area contributed by atoms with Crippen LogP contribution in [-0.2, 0) is 19.1 Å². The molecule has 136 valence electrons. The number of hydrogen-bond donors (Lipinski definition) is 2. The van der Waals surface area contributed by atoms with Crippen molar-refractivity contribution in [1.82, 2.24) is 10.2 Å². The molecule has 24 heavy (non-hydrogen) atoms. The molecule has 0 radical (unpaired) electrons. The summed E-state index contributed by atoms with van der Waals surface area (Å²) in [5.74, 6) is -0.323. The van der Waals surface area contributed by atoms with Gasteiger partial charge in [-0.05, 0) is 20.8 Å². The number of hydrogen-bond acceptors (Lipinski definition) is 7. The number of aliphatic hydroxyl groups is 1. The Labute approximate surface area is 142 Å². The molecular formula is C16H28N3O5+. The minimum absolute atomic E-state index is 0.332. The molecule has 2 rings (SSSR count). The fourth-order valence-corrected chi connectivity index (χ4v) is 2.92. The molecule has 8 nitrogen and oxygen atoms in total. The van der Waals surface area contributed by atoms with E-state index in [1.54, 1.807) is 0 Å². The van der Waals surface area contributed by atoms with Gasteiger partial charge in [-0.25, -0.2) is 9.59 Å². The summed E-state index contributed by atoms with van der Waals surface area (Å²) >= 11 is 0. The van der Waals surface area contributed by atoms with Gasteiger partial charge in [-0.1, -0.05) is 0 Å². The summed E-state index contributed by atoms with van der Waals surface area (Å²) in [6, 6.07) is 0. The van der Waals surface area contributed by atoms with Crippen molar-refractivity contribution in [3.05, 3.63) is 0 Å². The molecule has 8 heteroatoms. The molecule has 0 bridgehead atoms. The summed E-state index contributed by atoms with van der Waals surface area (Å²) in [6.07, 6.45) is -0.414. The topological polar surface area (TPSA) is 91.1 Å². The van der Waals surface area contributed by atoms with E-state index in [1.165, 1.54) is 13.8 Å². The molecule has 0 aromatic rings. The van der Waals surface area contributed by atoms with Gasteiger partial charge in [-0.15, -0.1) is 0 Å². The van der Waals surface area contributed by atoms with Crippen molar-refractivity contribution in [2.75, 3.05) is 32.7 Å². The van der Waals surface area contributed by atoms with Crippen LogP contribution >= 0.6 is 0 Å². The molecule has 0 saturated carbocycles. The van der Waals surface area contributed by atoms with Gasteiger partial charge in [0.2, 0.25) is 0 Å². The Morgan fingerprint density at radius 1 is 1.21 bits per heavy atom. The van der Waals surface area contributed by atoms with Crippen molar-refractivity contribution in [2.45, 2.75) is 51.9 Å². The van der Waals surface area contributed by atoms with Crippen LogP contribution in [0, 0.1) is 0 Å². The lowest BCUT2D eigenvalue weighted by Crippen LogP contribution is -2.56. The Morgan fingerprint density at radius 2 is 1.92 bits per heavy atom. The van der Waals surface area contributed by atoms with E-state index < -0.39 is 24.1 Å². The van der Waals surface area contributed by atoms with E-state index in [2.05, 4.69) is 14.8 Å². The fraction of sp³-hybridized carbons (Fsp3) is 0.812. The summed E-state index contributed by atoms with van der Waals surface area (Å²) in [5.41, 5.74) is 0. The zero-order valence-corrected chi connectivity index (χ0v) is 14.7. The van der Waals surface area contributed by atoms with E-state index in [-0.39, 0.29) is 6.10 Å². The molecule has 0 aromatic heterocycles. The van der Waals surface area contributed by atoms with Crippen LogP contribution in [0.1, 0.15) is 33.6 Å². The minimum atomic E-state index is -1.26. The second-order valence-corrected chi connectivity index (χ2v) is 6.39. The van der Waals surface area contributed by atoms with Gasteiger partial charge in [0.25, 0.3) is 0 Å². The third-order valence-corrected chi connectivity index (χ3v) is 4.10. The van der Waals surface area contributed by atoms with Crippen molar-refractivity contribution in [2.24, 2.45) is 0 Å². The first-order valence-corrected chi connectivity index (χ1v) is 8.58. The highest BCUT2D eigenvalue weighted by atomic mass is 16.6. The van der Waals surface area contributed by atoms with Gasteiger partial charge in [0, 0.05) is 12.8 Å². The maximum Gasteiger partial charge on any atom is 0.348 e. The maximum atomic E-state index is 12.0. The highest BCUT2D eigenvalue weighted by Crippen LogP contribution is 2.09. The predicted octanol–water partition coefficient (Wildman–Crippen LogP) is -0.702. The lowest BCUT2D eigenvalue weighted by molar-refractivity contribution is -0.544. The number of aliphatic hydroxyl groups excluding tert-OH is 1. The molecule has 0 saturated heterocycles. The van der Waals surface area contributed by atoms with Gasteiger partial charge in [0.05, 0.1) is 26.2 Å². The first-order valence-electron chi connectivity index (χ1n) is 8.58. The molecule has 3 unspecified atom stereocenters. The number of nitrogens with one attached hydrogen (secondary N) is 1. The Kier molecular flexibility index (Phi) is 6.42. The largest absolute Gasteiger partial charge is 0.457 e. The molecular weight excluding hydrogens is 314 g/mol. The maximum absolute atomic E-state index is 12.0. The number of nitrogens with zero attached hydrogens (tertiary/aromatic N) is 2. The molecule has 2 aliphatic rings. The number of guanidine groups is 1. The van der Waals surface area contributed by atoms with Gasteiger partial charge in [0.15, 0.2) is 6.10 Å². The summed E-state index contributed by atoms with van der Waals surface area (Å²) < 4.78 is 12.6. The lowest BCUT2D eigenvalue weighted by atomic mass is 10.2. The quantitative estimate of drug-likeness (QED) is 0.487. The zero-order valence-electron chi connectivity index (χ0n) is 14.7. The van der Waals surface area contributed by atoms with Gasteiger partial charge in [-0.3, -0.25) is 14.8 Å². The minimum Gasteiger partial charge on any atom is -0.457 e. The van der Waals surface area contributed by atoms with Crippen molar-refractivity contribution < 1.29 is 28.7 Å². The fourth-order valence-electron chi connectivity index (χ4n) is 2.92. The molecule has 2 heterocycles. The predicted molar refractivity (Wildman–Crippen MR) is 86.6 cm³/mol. The lowest BCUT2D eigenvalue weighted by Gasteiger charge is -2.32. The molecule has 0 spiro atoms. The van der Waals surface area contributed by atoms with Gasteiger partial charge in [0.1, 0.15) is 18.8 Å². The van der Waals surface area contributed by atoms with E-state index in [0.717, 1.165) is 45.0 Å². The second-order valence-electron chi connectivity index (χ2n) is 6.39. The Bertz CT molecular complexity index is 502. The van der Waals surface area contributed by atoms with Crippen molar-refractivity contribution in [3.8, 4) is 0 Å². The second kappa shape index (κ2) is 8.32. The summed E-state index contributed by atoms with van der Waals surface area (Å²) in [6.45, 7) is 9.13. The van der Waals surface area contributed by atoms with Crippen molar-refractivity contribution in [3.63, 3.8) is 0 Å². The summed E-state index contributed by atoms with van der Waals surface area (Å²) in [7, 11) is 0. The molecule has 0 aliphatic carbocycles. The molecule has 2 aliphatic heterocycles. The van der Waals surface area contributed by atoms with Crippen LogP contribution < -0.4 is 5.32 Å². The molecule has 2 N–H and O–H groups in total. The van der Waals surface area contributed by atoms with Gasteiger partial charge in [-0.2, -0.15) is 0 Å². The van der Waals surface area contributed by atoms with Crippen LogP contribution in [0.15, 0.2) is 0 Å². The molecule has 0 amide bonds. The molecule has 0 aromatic carbocycles. The first-order chi connectivity index (χ1) is 11.4. The average molecular weight is 342 g/mol. The number of carbonyl (C=O) groups is 2. The average Bonchev–Trinajstić information content (AvgIpc) is 2.54. The van der Waals surface area contributed by atoms with Gasteiger partial charge >= 0.3 is 17.9 Å². The number of ether oxygens (including phenoxy) is 2. The summed E-state index contributed by atoms with van der Waals surface area (Å²) in [4.78, 5) is 25.5. The number of rotatable bonds is 6. The van der Waals surface area contributed by atoms with Crippen LogP contribution in [0.5, 0.6) is 0 Å². The third-order valence-electron chi connectivity index (χ3n) is 4.10. The Balaban J connectivity index is 1.85. The monoisotopic (exact) mass is 342 g/mol. The third kappa shape index (κ3) is 4.83. The normalized spacial score (nSPS) is 21.2. The van der Waals surface area contributed by atoms with Gasteiger partial charge < -0.3 is 14.6 Å². The van der Waals surface area contributed by atoms with E-state index >= 15 is 0 Å². The van der Waals surface area contributed by atoms with E-state index in [1.807, 2.05) is 6.92 Å².